The van der Waals surface area contributed by atoms with Gasteiger partial charge in [-0.25, -0.2) is 0 Å². The molecule has 0 aromatic carbocycles. The van der Waals surface area contributed by atoms with Crippen LogP contribution in [0.15, 0.2) is 0 Å². The zero-order chi connectivity index (χ0) is 12.1. The van der Waals surface area contributed by atoms with E-state index in [9.17, 15) is 9.00 Å². The average Bonchev–Trinajstić information content (AvgIpc) is 2.23. The third-order valence-electron chi connectivity index (χ3n) is 2.83. The lowest BCUT2D eigenvalue weighted by Crippen LogP contribution is -2.54. The van der Waals surface area contributed by atoms with Crippen molar-refractivity contribution in [2.45, 2.75) is 44.4 Å². The minimum atomic E-state index is -0.913. The van der Waals surface area contributed by atoms with Crippen LogP contribution in [0.5, 0.6) is 0 Å². The Bertz CT molecular complexity index is 240. The molecule has 0 radical (unpaired) electrons. The second-order valence-electron chi connectivity index (χ2n) is 3.88. The Kier molecular flexibility index (Phi) is 6.05. The van der Waals surface area contributed by atoms with Crippen LogP contribution in [-0.4, -0.2) is 33.7 Å². The number of carbonyl (C=O) groups is 1. The highest BCUT2D eigenvalue weighted by atomic mass is 32.2. The predicted molar refractivity (Wildman–Crippen MR) is 64.0 cm³/mol. The molecule has 1 amide bonds. The van der Waals surface area contributed by atoms with Crippen molar-refractivity contribution in [3.05, 3.63) is 0 Å². The number of rotatable bonds is 6. The Balaban J connectivity index is 4.19. The first-order valence-corrected chi connectivity index (χ1v) is 6.89. The maximum absolute atomic E-state index is 11.7. The molecule has 0 aromatic rings. The van der Waals surface area contributed by atoms with Gasteiger partial charge in [0.1, 0.15) is 0 Å². The van der Waals surface area contributed by atoms with Crippen LogP contribution in [0, 0.1) is 0 Å². The summed E-state index contributed by atoms with van der Waals surface area (Å²) in [6.07, 6.45) is 2.85. The molecule has 0 saturated carbocycles. The van der Waals surface area contributed by atoms with Gasteiger partial charge in [0, 0.05) is 28.9 Å². The Morgan fingerprint density at radius 3 is 2.27 bits per heavy atom. The molecule has 0 rings (SSSR count). The van der Waals surface area contributed by atoms with Crippen molar-refractivity contribution in [2.75, 3.05) is 12.8 Å². The van der Waals surface area contributed by atoms with Crippen LogP contribution in [0.25, 0.3) is 0 Å². The average molecular weight is 234 g/mol. The lowest BCUT2D eigenvalue weighted by molar-refractivity contribution is -0.126. The van der Waals surface area contributed by atoms with Gasteiger partial charge in [-0.05, 0) is 19.8 Å². The maximum atomic E-state index is 11.7. The third-order valence-corrected chi connectivity index (χ3v) is 4.13. The standard InChI is InChI=1S/C10H22N2O2S/c1-5-10(11,6-2)9(13)12-7-8(3)15(4)14/h8H,5-7,11H2,1-4H3,(H,12,13). The molecule has 5 heteroatoms. The van der Waals surface area contributed by atoms with Crippen LogP contribution >= 0.6 is 0 Å². The van der Waals surface area contributed by atoms with Gasteiger partial charge in [0.05, 0.1) is 5.54 Å². The summed E-state index contributed by atoms with van der Waals surface area (Å²) in [5.74, 6) is -0.148. The van der Waals surface area contributed by atoms with E-state index >= 15 is 0 Å². The highest BCUT2D eigenvalue weighted by Crippen LogP contribution is 2.10. The molecule has 0 aromatic heterocycles. The first kappa shape index (κ1) is 14.6. The highest BCUT2D eigenvalue weighted by Gasteiger charge is 2.29. The molecule has 0 aliphatic heterocycles. The van der Waals surface area contributed by atoms with E-state index in [1.165, 1.54) is 0 Å². The molecular weight excluding hydrogens is 212 g/mol. The van der Waals surface area contributed by atoms with E-state index in [1.54, 1.807) is 6.26 Å². The van der Waals surface area contributed by atoms with Gasteiger partial charge < -0.3 is 11.1 Å². The van der Waals surface area contributed by atoms with Gasteiger partial charge in [-0.3, -0.25) is 9.00 Å². The summed E-state index contributed by atoms with van der Waals surface area (Å²) < 4.78 is 11.1. The summed E-state index contributed by atoms with van der Waals surface area (Å²) >= 11 is 0. The lowest BCUT2D eigenvalue weighted by Gasteiger charge is -2.25. The molecule has 0 bridgehead atoms. The first-order valence-electron chi connectivity index (χ1n) is 5.26. The van der Waals surface area contributed by atoms with Gasteiger partial charge in [0.2, 0.25) is 5.91 Å². The second kappa shape index (κ2) is 6.23. The zero-order valence-electron chi connectivity index (χ0n) is 10.0. The van der Waals surface area contributed by atoms with Crippen LogP contribution in [0.4, 0.5) is 0 Å². The smallest absolute Gasteiger partial charge is 0.240 e. The summed E-state index contributed by atoms with van der Waals surface area (Å²) in [5.41, 5.74) is 5.13. The number of nitrogens with two attached hydrogens (primary N) is 1. The molecule has 0 fully saturated rings. The van der Waals surface area contributed by atoms with Crippen LogP contribution in [0.2, 0.25) is 0 Å². The SMILES string of the molecule is CCC(N)(CC)C(=O)NCC(C)S(C)=O. The Morgan fingerprint density at radius 2 is 1.93 bits per heavy atom. The van der Waals surface area contributed by atoms with E-state index in [1.807, 2.05) is 20.8 Å². The van der Waals surface area contributed by atoms with Crippen LogP contribution < -0.4 is 11.1 Å². The van der Waals surface area contributed by atoms with E-state index in [2.05, 4.69) is 5.32 Å². The second-order valence-corrected chi connectivity index (χ2v) is 5.68. The number of amides is 1. The maximum Gasteiger partial charge on any atom is 0.240 e. The van der Waals surface area contributed by atoms with Gasteiger partial charge >= 0.3 is 0 Å². The third kappa shape index (κ3) is 4.30. The molecule has 0 spiro atoms. The number of hydrogen-bond donors (Lipinski definition) is 2. The molecule has 4 nitrogen and oxygen atoms in total. The number of carbonyl (C=O) groups excluding carboxylic acids is 1. The fourth-order valence-electron chi connectivity index (χ4n) is 1.10. The van der Waals surface area contributed by atoms with E-state index in [0.29, 0.717) is 19.4 Å². The van der Waals surface area contributed by atoms with E-state index in [-0.39, 0.29) is 11.2 Å². The lowest BCUT2D eigenvalue weighted by atomic mass is 9.93. The summed E-state index contributed by atoms with van der Waals surface area (Å²) in [6, 6.07) is 0. The highest BCUT2D eigenvalue weighted by molar-refractivity contribution is 7.84. The van der Waals surface area contributed by atoms with Crippen molar-refractivity contribution in [2.24, 2.45) is 5.73 Å². The van der Waals surface area contributed by atoms with Crippen LogP contribution in [0.1, 0.15) is 33.6 Å². The van der Waals surface area contributed by atoms with E-state index in [0.717, 1.165) is 0 Å². The fourth-order valence-corrected chi connectivity index (χ4v) is 1.42. The largest absolute Gasteiger partial charge is 0.353 e. The van der Waals surface area contributed by atoms with Crippen LogP contribution in [-0.2, 0) is 15.6 Å². The predicted octanol–water partition coefficient (Wildman–Crippen LogP) is 0.387. The van der Waals surface area contributed by atoms with Crippen molar-refractivity contribution >= 4 is 16.7 Å². The minimum Gasteiger partial charge on any atom is -0.353 e. The number of hydrogen-bond acceptors (Lipinski definition) is 3. The molecule has 3 N–H and O–H groups in total. The first-order chi connectivity index (χ1) is 6.87. The van der Waals surface area contributed by atoms with Crippen molar-refractivity contribution in [3.8, 4) is 0 Å². The molecule has 0 heterocycles. The number of nitrogens with one attached hydrogen (secondary N) is 1. The van der Waals surface area contributed by atoms with E-state index < -0.39 is 16.3 Å². The molecule has 0 aliphatic carbocycles. The molecule has 0 saturated heterocycles. The normalized spacial score (nSPS) is 15.8. The Hall–Kier alpha value is -0.420. The van der Waals surface area contributed by atoms with Crippen molar-refractivity contribution in [1.82, 2.24) is 5.32 Å². The monoisotopic (exact) mass is 234 g/mol. The quantitative estimate of drug-likeness (QED) is 0.698. The van der Waals surface area contributed by atoms with Gasteiger partial charge in [0.15, 0.2) is 0 Å². The molecule has 15 heavy (non-hydrogen) atoms. The summed E-state index contributed by atoms with van der Waals surface area (Å²) in [5, 5.41) is 2.71. The molecule has 2 unspecified atom stereocenters. The van der Waals surface area contributed by atoms with E-state index in [4.69, 9.17) is 5.73 Å². The minimum absolute atomic E-state index is 0.0353. The molecular formula is C10H22N2O2S. The van der Waals surface area contributed by atoms with Crippen molar-refractivity contribution in [1.29, 1.82) is 0 Å². The van der Waals surface area contributed by atoms with Gasteiger partial charge in [0.25, 0.3) is 0 Å². The van der Waals surface area contributed by atoms with Crippen LogP contribution in [0.3, 0.4) is 0 Å². The van der Waals surface area contributed by atoms with Gasteiger partial charge in [-0.2, -0.15) is 0 Å². The zero-order valence-corrected chi connectivity index (χ0v) is 10.8. The topological polar surface area (TPSA) is 72.2 Å². The van der Waals surface area contributed by atoms with Gasteiger partial charge in [-0.1, -0.05) is 13.8 Å². The fraction of sp³-hybridized carbons (Fsp3) is 0.900. The molecule has 2 atom stereocenters. The Morgan fingerprint density at radius 1 is 1.47 bits per heavy atom. The Labute approximate surface area is 94.4 Å². The van der Waals surface area contributed by atoms with Gasteiger partial charge in [-0.15, -0.1) is 0 Å². The summed E-state index contributed by atoms with van der Waals surface area (Å²) in [7, 11) is -0.913. The summed E-state index contributed by atoms with van der Waals surface area (Å²) in [4.78, 5) is 11.7. The molecule has 90 valence electrons. The van der Waals surface area contributed by atoms with Crippen molar-refractivity contribution in [3.63, 3.8) is 0 Å². The van der Waals surface area contributed by atoms with Crippen molar-refractivity contribution < 1.29 is 9.00 Å². The summed E-state index contributed by atoms with van der Waals surface area (Å²) in [6.45, 7) is 6.04. The molecule has 0 aliphatic rings.